The quantitative estimate of drug-likeness (QED) is 0.720. The molecule has 0 fully saturated rings. The molecular weight excluding hydrogens is 388 g/mol. The number of methoxy groups -OCH3 is 1. The van der Waals surface area contributed by atoms with E-state index in [9.17, 15) is 13.2 Å². The average molecular weight is 417 g/mol. The zero-order valence-corrected chi connectivity index (χ0v) is 18.0. The molecule has 0 atom stereocenters. The standard InChI is InChI=1S/C22H28N2O4S/c1-4-23(5-2)29(26,27)21-16-18(13-14-20(21)28-3)22(25)24-15-9-8-11-17-10-6-7-12-19(17)24/h6-7,10,12-14,16H,4-5,8-9,11,15H2,1-3H3. The van der Waals surface area contributed by atoms with Gasteiger partial charge in [0.1, 0.15) is 10.6 Å². The minimum absolute atomic E-state index is 0.0256. The zero-order chi connectivity index (χ0) is 21.0. The fraction of sp³-hybridized carbons (Fsp3) is 0.409. The van der Waals surface area contributed by atoms with Crippen LogP contribution in [0.15, 0.2) is 47.4 Å². The van der Waals surface area contributed by atoms with Crippen molar-refractivity contribution in [1.29, 1.82) is 0 Å². The smallest absolute Gasteiger partial charge is 0.258 e. The Morgan fingerprint density at radius 1 is 1.10 bits per heavy atom. The number of benzene rings is 2. The molecule has 29 heavy (non-hydrogen) atoms. The molecule has 1 aliphatic heterocycles. The van der Waals surface area contributed by atoms with E-state index >= 15 is 0 Å². The number of carbonyl (C=O) groups is 1. The summed E-state index contributed by atoms with van der Waals surface area (Å²) in [7, 11) is -2.33. The molecule has 2 aromatic rings. The van der Waals surface area contributed by atoms with Gasteiger partial charge in [-0.05, 0) is 49.1 Å². The second kappa shape index (κ2) is 8.97. The Morgan fingerprint density at radius 3 is 2.52 bits per heavy atom. The van der Waals surface area contributed by atoms with E-state index in [1.807, 2.05) is 24.3 Å². The van der Waals surface area contributed by atoms with Crippen LogP contribution in [-0.4, -0.2) is 45.4 Å². The van der Waals surface area contributed by atoms with Crippen molar-refractivity contribution in [2.75, 3.05) is 31.6 Å². The van der Waals surface area contributed by atoms with Crippen LogP contribution >= 0.6 is 0 Å². The van der Waals surface area contributed by atoms with Gasteiger partial charge >= 0.3 is 0 Å². The van der Waals surface area contributed by atoms with E-state index in [1.54, 1.807) is 30.9 Å². The van der Waals surface area contributed by atoms with Crippen molar-refractivity contribution in [1.82, 2.24) is 4.31 Å². The van der Waals surface area contributed by atoms with E-state index in [1.165, 1.54) is 17.5 Å². The van der Waals surface area contributed by atoms with Gasteiger partial charge in [-0.3, -0.25) is 4.79 Å². The van der Waals surface area contributed by atoms with Crippen molar-refractivity contribution in [3.63, 3.8) is 0 Å². The largest absolute Gasteiger partial charge is 0.495 e. The summed E-state index contributed by atoms with van der Waals surface area (Å²) >= 11 is 0. The van der Waals surface area contributed by atoms with Crippen LogP contribution in [-0.2, 0) is 16.4 Å². The van der Waals surface area contributed by atoms with Crippen LogP contribution in [0, 0.1) is 0 Å². The van der Waals surface area contributed by atoms with Gasteiger partial charge in [0.05, 0.1) is 7.11 Å². The number of para-hydroxylation sites is 1. The molecular formula is C22H28N2O4S. The molecule has 0 unspecified atom stereocenters. The number of sulfonamides is 1. The van der Waals surface area contributed by atoms with E-state index in [-0.39, 0.29) is 16.6 Å². The molecule has 156 valence electrons. The molecule has 0 spiro atoms. The predicted molar refractivity (Wildman–Crippen MR) is 114 cm³/mol. The van der Waals surface area contributed by atoms with Crippen molar-refractivity contribution >= 4 is 21.6 Å². The number of hydrogen-bond donors (Lipinski definition) is 0. The molecule has 1 amide bonds. The summed E-state index contributed by atoms with van der Waals surface area (Å²) < 4.78 is 32.9. The van der Waals surface area contributed by atoms with Gasteiger partial charge in [-0.25, -0.2) is 8.42 Å². The first-order valence-electron chi connectivity index (χ1n) is 10.0. The van der Waals surface area contributed by atoms with Crippen LogP contribution in [0.3, 0.4) is 0 Å². The van der Waals surface area contributed by atoms with Crippen LogP contribution in [0.25, 0.3) is 0 Å². The zero-order valence-electron chi connectivity index (χ0n) is 17.2. The molecule has 3 rings (SSSR count). The normalized spacial score (nSPS) is 14.4. The summed E-state index contributed by atoms with van der Waals surface area (Å²) in [5.41, 5.74) is 2.38. The molecule has 0 aromatic heterocycles. The maximum Gasteiger partial charge on any atom is 0.258 e. The molecule has 0 N–H and O–H groups in total. The van der Waals surface area contributed by atoms with E-state index in [0.29, 0.717) is 25.2 Å². The Morgan fingerprint density at radius 2 is 1.83 bits per heavy atom. The van der Waals surface area contributed by atoms with Crippen molar-refractivity contribution < 1.29 is 17.9 Å². The Balaban J connectivity index is 2.05. The summed E-state index contributed by atoms with van der Waals surface area (Å²) in [6.45, 7) is 4.88. The van der Waals surface area contributed by atoms with Crippen LogP contribution in [0.4, 0.5) is 5.69 Å². The number of hydrogen-bond acceptors (Lipinski definition) is 4. The lowest BCUT2D eigenvalue weighted by Gasteiger charge is -2.24. The first-order valence-corrected chi connectivity index (χ1v) is 11.5. The van der Waals surface area contributed by atoms with Gasteiger partial charge in [-0.2, -0.15) is 4.31 Å². The second-order valence-corrected chi connectivity index (χ2v) is 8.90. The van der Waals surface area contributed by atoms with Crippen LogP contribution < -0.4 is 9.64 Å². The summed E-state index contributed by atoms with van der Waals surface area (Å²) in [4.78, 5) is 15.2. The molecule has 1 heterocycles. The summed E-state index contributed by atoms with van der Waals surface area (Å²) in [6, 6.07) is 12.6. The molecule has 6 nitrogen and oxygen atoms in total. The molecule has 2 aromatic carbocycles. The number of amides is 1. The van der Waals surface area contributed by atoms with Crippen molar-refractivity contribution in [3.8, 4) is 5.75 Å². The van der Waals surface area contributed by atoms with Gasteiger partial charge in [0.15, 0.2) is 0 Å². The highest BCUT2D eigenvalue weighted by Crippen LogP contribution is 2.31. The lowest BCUT2D eigenvalue weighted by atomic mass is 10.1. The number of ether oxygens (including phenoxy) is 1. The fourth-order valence-electron chi connectivity index (χ4n) is 3.77. The molecule has 0 radical (unpaired) electrons. The maximum absolute atomic E-state index is 13.4. The summed E-state index contributed by atoms with van der Waals surface area (Å²) in [6.07, 6.45) is 2.86. The number of fused-ring (bicyclic) bond motifs is 1. The maximum atomic E-state index is 13.4. The average Bonchev–Trinajstić information content (AvgIpc) is 2.96. The fourth-order valence-corrected chi connectivity index (χ4v) is 5.41. The second-order valence-electron chi connectivity index (χ2n) is 7.00. The lowest BCUT2D eigenvalue weighted by Crippen LogP contribution is -2.33. The third kappa shape index (κ3) is 4.16. The van der Waals surface area contributed by atoms with Gasteiger partial charge in [0, 0.05) is 30.9 Å². The number of rotatable bonds is 6. The van der Waals surface area contributed by atoms with E-state index < -0.39 is 10.0 Å². The highest BCUT2D eigenvalue weighted by Gasteiger charge is 2.28. The van der Waals surface area contributed by atoms with Gasteiger partial charge in [0.25, 0.3) is 5.91 Å². The first kappa shape index (κ1) is 21.3. The minimum atomic E-state index is -3.76. The van der Waals surface area contributed by atoms with Gasteiger partial charge < -0.3 is 9.64 Å². The number of nitrogens with zero attached hydrogens (tertiary/aromatic N) is 2. The topological polar surface area (TPSA) is 66.9 Å². The first-order chi connectivity index (χ1) is 13.9. The molecule has 0 aliphatic carbocycles. The molecule has 0 bridgehead atoms. The number of aryl methyl sites for hydroxylation is 1. The Bertz CT molecular complexity index is 984. The molecule has 7 heteroatoms. The van der Waals surface area contributed by atoms with E-state index in [2.05, 4.69) is 0 Å². The lowest BCUT2D eigenvalue weighted by molar-refractivity contribution is 0.0986. The number of anilines is 1. The summed E-state index contributed by atoms with van der Waals surface area (Å²) in [5, 5.41) is 0. The van der Waals surface area contributed by atoms with E-state index in [0.717, 1.165) is 30.5 Å². The Labute approximate surface area is 173 Å². The third-order valence-electron chi connectivity index (χ3n) is 5.34. The highest BCUT2D eigenvalue weighted by atomic mass is 32.2. The molecule has 0 saturated heterocycles. The van der Waals surface area contributed by atoms with Crippen molar-refractivity contribution in [2.45, 2.75) is 38.0 Å². The SMILES string of the molecule is CCN(CC)S(=O)(=O)c1cc(C(=O)N2CCCCc3ccccc32)ccc1OC. The molecule has 0 saturated carbocycles. The highest BCUT2D eigenvalue weighted by molar-refractivity contribution is 7.89. The van der Waals surface area contributed by atoms with Gasteiger partial charge in [-0.1, -0.05) is 32.0 Å². The van der Waals surface area contributed by atoms with Gasteiger partial charge in [-0.15, -0.1) is 0 Å². The van der Waals surface area contributed by atoms with Crippen molar-refractivity contribution in [3.05, 3.63) is 53.6 Å². The van der Waals surface area contributed by atoms with Crippen LogP contribution in [0.5, 0.6) is 5.75 Å². The van der Waals surface area contributed by atoms with Gasteiger partial charge in [0.2, 0.25) is 10.0 Å². The number of carbonyl (C=O) groups excluding carboxylic acids is 1. The Hall–Kier alpha value is -2.38. The monoisotopic (exact) mass is 416 g/mol. The minimum Gasteiger partial charge on any atom is -0.495 e. The van der Waals surface area contributed by atoms with Crippen molar-refractivity contribution in [2.24, 2.45) is 0 Å². The van der Waals surface area contributed by atoms with E-state index in [4.69, 9.17) is 4.74 Å². The molecule has 1 aliphatic rings. The Kier molecular flexibility index (Phi) is 6.59. The summed E-state index contributed by atoms with van der Waals surface area (Å²) in [5.74, 6) is 0.0442. The third-order valence-corrected chi connectivity index (χ3v) is 7.41. The predicted octanol–water partition coefficient (Wildman–Crippen LogP) is 3.71. The van der Waals surface area contributed by atoms with Crippen LogP contribution in [0.1, 0.15) is 42.6 Å². The van der Waals surface area contributed by atoms with Crippen LogP contribution in [0.2, 0.25) is 0 Å².